The van der Waals surface area contributed by atoms with Gasteiger partial charge in [-0.25, -0.2) is 0 Å². The summed E-state index contributed by atoms with van der Waals surface area (Å²) in [5.74, 6) is 0. The molecule has 0 radical (unpaired) electrons. The molecular weight excluding hydrogens is 186 g/mol. The number of aliphatic hydroxyl groups is 1. The van der Waals surface area contributed by atoms with E-state index in [1.165, 1.54) is 44.9 Å². The Morgan fingerprint density at radius 1 is 1.00 bits per heavy atom. The maximum atomic E-state index is 9.28. The first-order chi connectivity index (χ1) is 7.28. The Bertz CT molecular complexity index is 229. The second kappa shape index (κ2) is 3.74. The molecule has 2 heteroatoms. The largest absolute Gasteiger partial charge is 0.393 e. The molecule has 0 aromatic rings. The molecule has 2 nitrogen and oxygen atoms in total. The summed E-state index contributed by atoms with van der Waals surface area (Å²) in [6.45, 7) is 0. The molecule has 1 spiro atoms. The number of nitrogens with one attached hydrogen (secondary N) is 1. The van der Waals surface area contributed by atoms with Gasteiger partial charge in [0.15, 0.2) is 0 Å². The van der Waals surface area contributed by atoms with Crippen LogP contribution in [0.15, 0.2) is 0 Å². The van der Waals surface area contributed by atoms with Crippen LogP contribution in [-0.4, -0.2) is 23.3 Å². The molecule has 1 atom stereocenters. The van der Waals surface area contributed by atoms with Gasteiger partial charge in [-0.2, -0.15) is 0 Å². The van der Waals surface area contributed by atoms with Gasteiger partial charge in [0.2, 0.25) is 0 Å². The van der Waals surface area contributed by atoms with E-state index in [9.17, 15) is 5.11 Å². The van der Waals surface area contributed by atoms with Gasteiger partial charge in [0.1, 0.15) is 0 Å². The first kappa shape index (κ1) is 10.1. The zero-order chi connectivity index (χ0) is 10.3. The van der Waals surface area contributed by atoms with Crippen LogP contribution in [0.5, 0.6) is 0 Å². The molecule has 1 unspecified atom stereocenters. The van der Waals surface area contributed by atoms with Crippen molar-refractivity contribution in [2.24, 2.45) is 5.41 Å². The molecule has 3 aliphatic rings. The van der Waals surface area contributed by atoms with Crippen LogP contribution < -0.4 is 5.32 Å². The number of rotatable bonds is 2. The highest BCUT2D eigenvalue weighted by atomic mass is 16.3. The van der Waals surface area contributed by atoms with Crippen molar-refractivity contribution in [1.82, 2.24) is 5.32 Å². The Morgan fingerprint density at radius 3 is 2.27 bits per heavy atom. The third kappa shape index (κ3) is 1.72. The lowest BCUT2D eigenvalue weighted by Crippen LogP contribution is -2.59. The van der Waals surface area contributed by atoms with E-state index in [-0.39, 0.29) is 6.10 Å². The normalized spacial score (nSPS) is 43.4. The van der Waals surface area contributed by atoms with Gasteiger partial charge in [-0.3, -0.25) is 0 Å². The van der Waals surface area contributed by atoms with Crippen molar-refractivity contribution in [1.29, 1.82) is 0 Å². The average molecular weight is 209 g/mol. The van der Waals surface area contributed by atoms with Gasteiger partial charge in [-0.05, 0) is 43.9 Å². The van der Waals surface area contributed by atoms with Gasteiger partial charge in [-0.15, -0.1) is 0 Å². The first-order valence-corrected chi connectivity index (χ1v) is 6.73. The quantitative estimate of drug-likeness (QED) is 0.731. The van der Waals surface area contributed by atoms with E-state index in [0.717, 1.165) is 18.9 Å². The summed E-state index contributed by atoms with van der Waals surface area (Å²) in [5.41, 5.74) is 0.679. The first-order valence-electron chi connectivity index (χ1n) is 6.73. The molecule has 86 valence electrons. The van der Waals surface area contributed by atoms with E-state index in [1.54, 1.807) is 0 Å². The molecule has 2 N–H and O–H groups in total. The molecular formula is C13H23NO. The zero-order valence-corrected chi connectivity index (χ0v) is 9.54. The smallest absolute Gasteiger partial charge is 0.0570 e. The molecule has 0 aromatic carbocycles. The lowest BCUT2D eigenvalue weighted by atomic mass is 9.57. The predicted octanol–water partition coefficient (Wildman–Crippen LogP) is 2.21. The highest BCUT2D eigenvalue weighted by molar-refractivity contribution is 5.03. The van der Waals surface area contributed by atoms with Crippen LogP contribution in [0.1, 0.15) is 57.8 Å². The Morgan fingerprint density at radius 2 is 1.73 bits per heavy atom. The van der Waals surface area contributed by atoms with Gasteiger partial charge in [0, 0.05) is 12.1 Å². The third-order valence-electron chi connectivity index (χ3n) is 5.07. The van der Waals surface area contributed by atoms with Crippen molar-refractivity contribution in [2.45, 2.75) is 76.0 Å². The fourth-order valence-corrected chi connectivity index (χ4v) is 3.82. The predicted molar refractivity (Wildman–Crippen MR) is 60.7 cm³/mol. The molecule has 3 saturated carbocycles. The minimum Gasteiger partial charge on any atom is -0.393 e. The minimum atomic E-state index is -0.00937. The second-order valence-electron chi connectivity index (χ2n) is 6.00. The third-order valence-corrected chi connectivity index (χ3v) is 5.07. The Labute approximate surface area is 92.4 Å². The van der Waals surface area contributed by atoms with Crippen LogP contribution in [0, 0.1) is 5.41 Å². The van der Waals surface area contributed by atoms with Crippen LogP contribution in [0.25, 0.3) is 0 Å². The summed E-state index contributed by atoms with van der Waals surface area (Å²) >= 11 is 0. The molecule has 0 aromatic heterocycles. The fraction of sp³-hybridized carbons (Fsp3) is 1.00. The SMILES string of the molecule is OC1CC(NC2CCC23CCCCC3)C1. The fourth-order valence-electron chi connectivity index (χ4n) is 3.82. The topological polar surface area (TPSA) is 32.3 Å². The Kier molecular flexibility index (Phi) is 2.52. The highest BCUT2D eigenvalue weighted by Gasteiger charge is 2.48. The summed E-state index contributed by atoms with van der Waals surface area (Å²) in [6.07, 6.45) is 12.1. The van der Waals surface area contributed by atoms with Crippen LogP contribution in [0.3, 0.4) is 0 Å². The van der Waals surface area contributed by atoms with Crippen molar-refractivity contribution in [3.8, 4) is 0 Å². The highest BCUT2D eigenvalue weighted by Crippen LogP contribution is 2.52. The van der Waals surface area contributed by atoms with E-state index in [2.05, 4.69) is 5.32 Å². The van der Waals surface area contributed by atoms with Crippen LogP contribution in [0.4, 0.5) is 0 Å². The van der Waals surface area contributed by atoms with E-state index in [4.69, 9.17) is 0 Å². The van der Waals surface area contributed by atoms with E-state index >= 15 is 0 Å². The zero-order valence-electron chi connectivity index (χ0n) is 9.54. The second-order valence-corrected chi connectivity index (χ2v) is 6.00. The lowest BCUT2D eigenvalue weighted by molar-refractivity contribution is -0.0123. The summed E-state index contributed by atoms with van der Waals surface area (Å²) in [6, 6.07) is 1.42. The van der Waals surface area contributed by atoms with Crippen LogP contribution >= 0.6 is 0 Å². The Balaban J connectivity index is 1.53. The lowest BCUT2D eigenvalue weighted by Gasteiger charge is -2.54. The summed E-state index contributed by atoms with van der Waals surface area (Å²) < 4.78 is 0. The van der Waals surface area contributed by atoms with Gasteiger partial charge < -0.3 is 10.4 Å². The number of hydrogen-bond acceptors (Lipinski definition) is 2. The standard InChI is InChI=1S/C13H23NO/c15-11-8-10(9-11)14-12-4-7-13(12)5-2-1-3-6-13/h10-12,14-15H,1-9H2. The molecule has 0 heterocycles. The Hall–Kier alpha value is -0.0800. The number of aliphatic hydroxyl groups excluding tert-OH is 1. The summed E-state index contributed by atoms with van der Waals surface area (Å²) in [7, 11) is 0. The molecule has 0 saturated heterocycles. The van der Waals surface area contributed by atoms with Crippen molar-refractivity contribution < 1.29 is 5.11 Å². The van der Waals surface area contributed by atoms with E-state index in [1.807, 2.05) is 0 Å². The minimum absolute atomic E-state index is 0.00937. The summed E-state index contributed by atoms with van der Waals surface area (Å²) in [5, 5.41) is 13.1. The molecule has 0 aliphatic heterocycles. The average Bonchev–Trinajstić information content (AvgIpc) is 2.22. The van der Waals surface area contributed by atoms with E-state index in [0.29, 0.717) is 11.5 Å². The van der Waals surface area contributed by atoms with Crippen LogP contribution in [-0.2, 0) is 0 Å². The van der Waals surface area contributed by atoms with E-state index < -0.39 is 0 Å². The van der Waals surface area contributed by atoms with Crippen molar-refractivity contribution in [3.05, 3.63) is 0 Å². The van der Waals surface area contributed by atoms with Crippen LogP contribution in [0.2, 0.25) is 0 Å². The molecule has 0 bridgehead atoms. The number of hydrogen-bond donors (Lipinski definition) is 2. The van der Waals surface area contributed by atoms with Crippen molar-refractivity contribution >= 4 is 0 Å². The van der Waals surface area contributed by atoms with Crippen molar-refractivity contribution in [3.63, 3.8) is 0 Å². The van der Waals surface area contributed by atoms with Gasteiger partial charge in [-0.1, -0.05) is 19.3 Å². The molecule has 15 heavy (non-hydrogen) atoms. The van der Waals surface area contributed by atoms with Gasteiger partial charge in [0.25, 0.3) is 0 Å². The molecule has 3 rings (SSSR count). The maximum absolute atomic E-state index is 9.28. The maximum Gasteiger partial charge on any atom is 0.0570 e. The van der Waals surface area contributed by atoms with Gasteiger partial charge >= 0.3 is 0 Å². The monoisotopic (exact) mass is 209 g/mol. The van der Waals surface area contributed by atoms with Crippen molar-refractivity contribution in [2.75, 3.05) is 0 Å². The molecule has 0 amide bonds. The molecule has 3 fully saturated rings. The molecule has 3 aliphatic carbocycles. The van der Waals surface area contributed by atoms with Gasteiger partial charge in [0.05, 0.1) is 6.10 Å². The summed E-state index contributed by atoms with van der Waals surface area (Å²) in [4.78, 5) is 0.